The van der Waals surface area contributed by atoms with E-state index >= 15 is 0 Å². The van der Waals surface area contributed by atoms with Gasteiger partial charge in [-0.2, -0.15) is 0 Å². The fourth-order valence-electron chi connectivity index (χ4n) is 3.70. The van der Waals surface area contributed by atoms with E-state index in [-0.39, 0.29) is 0 Å². The normalized spacial score (nSPS) is 23.2. The lowest BCUT2D eigenvalue weighted by molar-refractivity contribution is 0.516. The second kappa shape index (κ2) is 7.25. The standard InChI is InChI=1S/C15H35NSi2/c1-6-7-8-9-10-11-13-16-17(2,3)14-12-15-18(16,4)5/h6-15H2,1-5H3. The predicted molar refractivity (Wildman–Crippen MR) is 89.3 cm³/mol. The van der Waals surface area contributed by atoms with Crippen LogP contribution in [0.4, 0.5) is 0 Å². The van der Waals surface area contributed by atoms with Gasteiger partial charge in [-0.15, -0.1) is 0 Å². The van der Waals surface area contributed by atoms with Crippen molar-refractivity contribution in [1.29, 1.82) is 0 Å². The molecule has 3 heteroatoms. The van der Waals surface area contributed by atoms with Gasteiger partial charge < -0.3 is 4.23 Å². The molecule has 18 heavy (non-hydrogen) atoms. The molecule has 0 N–H and O–H groups in total. The van der Waals surface area contributed by atoms with E-state index in [4.69, 9.17) is 0 Å². The molecule has 0 unspecified atom stereocenters. The van der Waals surface area contributed by atoms with Crippen molar-refractivity contribution < 1.29 is 0 Å². The molecule has 0 aromatic heterocycles. The molecule has 0 radical (unpaired) electrons. The van der Waals surface area contributed by atoms with Gasteiger partial charge in [0.1, 0.15) is 16.5 Å². The molecule has 1 aliphatic heterocycles. The number of unbranched alkanes of at least 4 members (excludes halogenated alkanes) is 5. The Morgan fingerprint density at radius 1 is 0.778 bits per heavy atom. The first-order valence-corrected chi connectivity index (χ1v) is 14.5. The third kappa shape index (κ3) is 4.82. The average Bonchev–Trinajstić information content (AvgIpc) is 2.25. The van der Waals surface area contributed by atoms with E-state index in [9.17, 15) is 0 Å². The Morgan fingerprint density at radius 3 is 1.83 bits per heavy atom. The van der Waals surface area contributed by atoms with Crippen molar-refractivity contribution >= 4 is 16.5 Å². The lowest BCUT2D eigenvalue weighted by Crippen LogP contribution is -2.64. The fourth-order valence-corrected chi connectivity index (χ4v) is 15.4. The van der Waals surface area contributed by atoms with Gasteiger partial charge >= 0.3 is 0 Å². The number of rotatable bonds is 7. The molecule has 0 bridgehead atoms. The molecule has 1 saturated heterocycles. The Balaban J connectivity index is 2.33. The summed E-state index contributed by atoms with van der Waals surface area (Å²) in [6, 6.07) is 3.08. The van der Waals surface area contributed by atoms with E-state index in [0.717, 1.165) is 0 Å². The Morgan fingerprint density at radius 2 is 1.28 bits per heavy atom. The molecule has 1 heterocycles. The second-order valence-corrected chi connectivity index (χ2v) is 17.2. The van der Waals surface area contributed by atoms with Gasteiger partial charge in [0, 0.05) is 0 Å². The third-order valence-corrected chi connectivity index (χ3v) is 14.9. The molecule has 0 atom stereocenters. The summed E-state index contributed by atoms with van der Waals surface area (Å²) in [4.78, 5) is 0. The molecule has 0 aromatic carbocycles. The Labute approximate surface area is 118 Å². The highest BCUT2D eigenvalue weighted by Crippen LogP contribution is 2.34. The maximum atomic E-state index is 3.06. The topological polar surface area (TPSA) is 3.24 Å². The van der Waals surface area contributed by atoms with Crippen LogP contribution in [0.3, 0.4) is 0 Å². The van der Waals surface area contributed by atoms with Gasteiger partial charge in [0.05, 0.1) is 0 Å². The van der Waals surface area contributed by atoms with Gasteiger partial charge in [-0.05, 0) is 25.1 Å². The quantitative estimate of drug-likeness (QED) is 0.443. The minimum Gasteiger partial charge on any atom is -0.345 e. The van der Waals surface area contributed by atoms with Gasteiger partial charge in [0.25, 0.3) is 0 Å². The van der Waals surface area contributed by atoms with E-state index in [1.165, 1.54) is 51.5 Å². The van der Waals surface area contributed by atoms with E-state index in [2.05, 4.69) is 37.3 Å². The van der Waals surface area contributed by atoms with Crippen molar-refractivity contribution in [3.63, 3.8) is 0 Å². The molecule has 108 valence electrons. The number of hydrogen-bond donors (Lipinski definition) is 0. The molecule has 0 amide bonds. The van der Waals surface area contributed by atoms with Crippen molar-refractivity contribution in [3.05, 3.63) is 0 Å². The van der Waals surface area contributed by atoms with Crippen molar-refractivity contribution in [2.75, 3.05) is 6.54 Å². The van der Waals surface area contributed by atoms with Crippen LogP contribution < -0.4 is 0 Å². The first-order chi connectivity index (χ1) is 8.40. The van der Waals surface area contributed by atoms with Crippen molar-refractivity contribution in [3.8, 4) is 0 Å². The van der Waals surface area contributed by atoms with Crippen LogP contribution in [0.15, 0.2) is 0 Å². The number of nitrogens with zero attached hydrogens (tertiary/aromatic N) is 1. The van der Waals surface area contributed by atoms with E-state index in [1.54, 1.807) is 12.1 Å². The molecule has 1 nitrogen and oxygen atoms in total. The highest BCUT2D eigenvalue weighted by molar-refractivity contribution is 6.91. The molecule has 0 aliphatic carbocycles. The molecule has 0 saturated carbocycles. The summed E-state index contributed by atoms with van der Waals surface area (Å²) in [5.74, 6) is 0. The van der Waals surface area contributed by atoms with Crippen LogP contribution in [-0.2, 0) is 0 Å². The van der Waals surface area contributed by atoms with Crippen LogP contribution in [0, 0.1) is 0 Å². The molecule has 1 rings (SSSR count). The van der Waals surface area contributed by atoms with Gasteiger partial charge in [0.2, 0.25) is 0 Å². The Kier molecular flexibility index (Phi) is 6.62. The minimum atomic E-state index is -1.04. The van der Waals surface area contributed by atoms with Crippen LogP contribution in [0.5, 0.6) is 0 Å². The summed E-state index contributed by atoms with van der Waals surface area (Å²) in [7, 11) is -2.07. The molecule has 0 aromatic rings. The largest absolute Gasteiger partial charge is 0.345 e. The maximum Gasteiger partial charge on any atom is 0.115 e. The van der Waals surface area contributed by atoms with Gasteiger partial charge in [-0.1, -0.05) is 71.6 Å². The van der Waals surface area contributed by atoms with Crippen molar-refractivity contribution in [2.45, 2.75) is 90.1 Å². The predicted octanol–water partition coefficient (Wildman–Crippen LogP) is 5.46. The van der Waals surface area contributed by atoms with E-state index in [1.807, 2.05) is 0 Å². The Bertz CT molecular complexity index is 223. The summed E-state index contributed by atoms with van der Waals surface area (Å²) in [6.07, 6.45) is 10.2. The Hall–Kier alpha value is 0.394. The van der Waals surface area contributed by atoms with E-state index < -0.39 is 16.5 Å². The van der Waals surface area contributed by atoms with Gasteiger partial charge in [-0.3, -0.25) is 0 Å². The maximum absolute atomic E-state index is 3.06. The van der Waals surface area contributed by atoms with Crippen LogP contribution in [0.1, 0.15) is 51.9 Å². The lowest BCUT2D eigenvalue weighted by Gasteiger charge is -2.51. The summed E-state index contributed by atoms with van der Waals surface area (Å²) >= 11 is 0. The van der Waals surface area contributed by atoms with Crippen LogP contribution in [0.2, 0.25) is 38.3 Å². The van der Waals surface area contributed by atoms with E-state index in [0.29, 0.717) is 0 Å². The third-order valence-electron chi connectivity index (χ3n) is 4.77. The van der Waals surface area contributed by atoms with Crippen molar-refractivity contribution in [2.24, 2.45) is 0 Å². The summed E-state index contributed by atoms with van der Waals surface area (Å²) in [5.41, 5.74) is 0. The second-order valence-electron chi connectivity index (χ2n) is 7.40. The summed E-state index contributed by atoms with van der Waals surface area (Å²) in [6.45, 7) is 14.2. The molecule has 1 fully saturated rings. The minimum absolute atomic E-state index is 1.04. The summed E-state index contributed by atoms with van der Waals surface area (Å²) in [5, 5.41) is 0. The van der Waals surface area contributed by atoms with Crippen LogP contribution in [0.25, 0.3) is 0 Å². The zero-order valence-corrected chi connectivity index (χ0v) is 15.5. The molecule has 1 aliphatic rings. The fraction of sp³-hybridized carbons (Fsp3) is 1.00. The molecule has 0 spiro atoms. The first kappa shape index (κ1) is 16.4. The van der Waals surface area contributed by atoms with Crippen LogP contribution in [-0.4, -0.2) is 27.2 Å². The van der Waals surface area contributed by atoms with Crippen LogP contribution >= 0.6 is 0 Å². The summed E-state index contributed by atoms with van der Waals surface area (Å²) < 4.78 is 3.06. The zero-order chi connectivity index (χ0) is 13.6. The molecular weight excluding hydrogens is 250 g/mol. The van der Waals surface area contributed by atoms with Gasteiger partial charge in [-0.25, -0.2) is 0 Å². The SMILES string of the molecule is CCCCCCCCN1[Si](C)(C)CCC[Si]1(C)C. The smallest absolute Gasteiger partial charge is 0.115 e. The van der Waals surface area contributed by atoms with Gasteiger partial charge in [0.15, 0.2) is 0 Å². The first-order valence-electron chi connectivity index (χ1n) is 8.18. The van der Waals surface area contributed by atoms with Crippen molar-refractivity contribution in [1.82, 2.24) is 4.23 Å². The number of hydrogen-bond acceptors (Lipinski definition) is 1. The monoisotopic (exact) mass is 285 g/mol. The lowest BCUT2D eigenvalue weighted by atomic mass is 10.1. The highest BCUT2D eigenvalue weighted by atomic mass is 28.4. The molecular formula is C15H35NSi2. The average molecular weight is 286 g/mol. The highest BCUT2D eigenvalue weighted by Gasteiger charge is 2.43. The zero-order valence-electron chi connectivity index (χ0n) is 13.5.